The molecule has 4 saturated heterocycles. The van der Waals surface area contributed by atoms with Gasteiger partial charge in [0.1, 0.15) is 19.6 Å². The molecule has 3 nitrogen and oxygen atoms in total. The SMILES string of the molecule is C[N+]12CN3CN(CP(C3)C1)C2.[I-]. The normalized spacial score (nSPS) is 55.2. The van der Waals surface area contributed by atoms with Gasteiger partial charge in [0.2, 0.25) is 0 Å². The maximum Gasteiger partial charge on any atom is 0.137 e. The average molecular weight is 299 g/mol. The van der Waals surface area contributed by atoms with E-state index in [2.05, 4.69) is 16.8 Å². The second kappa shape index (κ2) is 3.02. The molecular formula is C7H15IN3P. The summed E-state index contributed by atoms with van der Waals surface area (Å²) in [5.74, 6) is 0. The lowest BCUT2D eigenvalue weighted by atomic mass is 10.5. The highest BCUT2D eigenvalue weighted by atomic mass is 127. The molecule has 4 aliphatic rings. The maximum absolute atomic E-state index is 2.63. The van der Waals surface area contributed by atoms with E-state index in [1.54, 1.807) is 0 Å². The molecule has 4 fully saturated rings. The second-order valence-electron chi connectivity index (χ2n) is 4.48. The van der Waals surface area contributed by atoms with Gasteiger partial charge in [-0.15, -0.1) is 0 Å². The summed E-state index contributed by atoms with van der Waals surface area (Å²) >= 11 is 0. The first-order valence-corrected chi connectivity index (χ1v) is 6.14. The molecule has 2 unspecified atom stereocenters. The molecule has 0 aromatic heterocycles. The van der Waals surface area contributed by atoms with Crippen LogP contribution in [0.2, 0.25) is 0 Å². The molecule has 4 heterocycles. The van der Waals surface area contributed by atoms with E-state index in [1.807, 2.05) is 0 Å². The van der Waals surface area contributed by atoms with Crippen molar-refractivity contribution in [3.05, 3.63) is 0 Å². The van der Waals surface area contributed by atoms with E-state index in [0.29, 0.717) is 7.92 Å². The van der Waals surface area contributed by atoms with Crippen molar-refractivity contribution in [3.8, 4) is 0 Å². The van der Waals surface area contributed by atoms with Crippen LogP contribution >= 0.6 is 7.92 Å². The molecular weight excluding hydrogens is 284 g/mol. The molecule has 70 valence electrons. The van der Waals surface area contributed by atoms with E-state index in [0.717, 1.165) is 0 Å². The molecule has 0 aliphatic carbocycles. The van der Waals surface area contributed by atoms with Crippen LogP contribution in [-0.4, -0.2) is 60.2 Å². The number of nitrogens with zero attached hydrogens (tertiary/aromatic N) is 3. The van der Waals surface area contributed by atoms with Crippen molar-refractivity contribution in [2.45, 2.75) is 0 Å². The maximum atomic E-state index is 2.63. The number of halogens is 1. The summed E-state index contributed by atoms with van der Waals surface area (Å²) in [6.07, 6.45) is 4.35. The molecule has 0 amide bonds. The zero-order valence-electron chi connectivity index (χ0n) is 7.41. The summed E-state index contributed by atoms with van der Waals surface area (Å²) < 4.78 is 1.31. The minimum absolute atomic E-state index is 0. The fraction of sp³-hybridized carbons (Fsp3) is 1.00. The summed E-state index contributed by atoms with van der Waals surface area (Å²) in [6, 6.07) is 0. The van der Waals surface area contributed by atoms with Crippen LogP contribution in [0.25, 0.3) is 0 Å². The second-order valence-corrected chi connectivity index (χ2v) is 6.67. The van der Waals surface area contributed by atoms with Crippen LogP contribution in [0.1, 0.15) is 0 Å². The Morgan fingerprint density at radius 3 is 2.17 bits per heavy atom. The third kappa shape index (κ3) is 1.42. The van der Waals surface area contributed by atoms with Gasteiger partial charge in [0.25, 0.3) is 0 Å². The largest absolute Gasteiger partial charge is 1.00 e. The van der Waals surface area contributed by atoms with E-state index < -0.39 is 0 Å². The predicted molar refractivity (Wildman–Crippen MR) is 46.0 cm³/mol. The number of hydrogen-bond acceptors (Lipinski definition) is 2. The summed E-state index contributed by atoms with van der Waals surface area (Å²) in [4.78, 5) is 5.25. The minimum Gasteiger partial charge on any atom is -1.00 e. The van der Waals surface area contributed by atoms with Crippen molar-refractivity contribution in [1.82, 2.24) is 9.80 Å². The molecule has 2 atom stereocenters. The van der Waals surface area contributed by atoms with Gasteiger partial charge in [-0.3, -0.25) is 4.48 Å². The van der Waals surface area contributed by atoms with Gasteiger partial charge in [0.15, 0.2) is 0 Å². The smallest absolute Gasteiger partial charge is 0.137 e. The Hall–Kier alpha value is 1.04. The molecule has 4 aliphatic heterocycles. The Bertz CT molecular complexity index is 164. The Labute approximate surface area is 92.0 Å². The Balaban J connectivity index is 0.000000563. The fourth-order valence-corrected chi connectivity index (χ4v) is 5.74. The van der Waals surface area contributed by atoms with E-state index in [-0.39, 0.29) is 24.0 Å². The minimum atomic E-state index is 0. The Morgan fingerprint density at radius 1 is 1.17 bits per heavy atom. The van der Waals surface area contributed by atoms with Gasteiger partial charge in [0, 0.05) is 12.6 Å². The Morgan fingerprint density at radius 2 is 1.75 bits per heavy atom. The van der Waals surface area contributed by atoms with Crippen LogP contribution in [-0.2, 0) is 0 Å². The van der Waals surface area contributed by atoms with Gasteiger partial charge in [-0.2, -0.15) is 0 Å². The van der Waals surface area contributed by atoms with Gasteiger partial charge in [-0.05, 0) is 7.92 Å². The number of rotatable bonds is 0. The van der Waals surface area contributed by atoms with E-state index in [1.165, 1.54) is 43.3 Å². The van der Waals surface area contributed by atoms with Crippen LogP contribution in [0.5, 0.6) is 0 Å². The summed E-state index contributed by atoms with van der Waals surface area (Å²) in [5.41, 5.74) is 0. The van der Waals surface area contributed by atoms with Crippen molar-refractivity contribution in [2.24, 2.45) is 0 Å². The topological polar surface area (TPSA) is 6.48 Å². The third-order valence-electron chi connectivity index (χ3n) is 2.82. The van der Waals surface area contributed by atoms with E-state index >= 15 is 0 Å². The Kier molecular flexibility index (Phi) is 2.41. The molecule has 0 radical (unpaired) electrons. The standard InChI is InChI=1S/C7H15N3P.HI/c1-10-3-8-2-9(4-10)6-11(5-8)7-10;/h2-7H2,1H3;1H/q+1;/p-1. The zero-order chi connectivity index (χ0) is 7.47. The van der Waals surface area contributed by atoms with E-state index in [9.17, 15) is 0 Å². The number of hydrogen-bond donors (Lipinski definition) is 0. The zero-order valence-corrected chi connectivity index (χ0v) is 10.5. The molecule has 12 heavy (non-hydrogen) atoms. The molecule has 0 spiro atoms. The molecule has 4 rings (SSSR count). The van der Waals surface area contributed by atoms with Crippen molar-refractivity contribution in [1.29, 1.82) is 0 Å². The lowest BCUT2D eigenvalue weighted by Gasteiger charge is -2.58. The highest BCUT2D eigenvalue weighted by Crippen LogP contribution is 2.49. The van der Waals surface area contributed by atoms with Crippen molar-refractivity contribution < 1.29 is 28.5 Å². The molecule has 0 aromatic carbocycles. The van der Waals surface area contributed by atoms with Crippen LogP contribution in [0.15, 0.2) is 0 Å². The first-order valence-electron chi connectivity index (χ1n) is 4.24. The van der Waals surface area contributed by atoms with Crippen molar-refractivity contribution in [3.63, 3.8) is 0 Å². The fourth-order valence-electron chi connectivity index (χ4n) is 2.83. The molecule has 5 heteroatoms. The lowest BCUT2D eigenvalue weighted by Crippen LogP contribution is -3.00. The summed E-state index contributed by atoms with van der Waals surface area (Å²) in [6.45, 7) is 3.89. The highest BCUT2D eigenvalue weighted by molar-refractivity contribution is 7.57. The summed E-state index contributed by atoms with van der Waals surface area (Å²) in [7, 11) is 2.77. The molecule has 0 saturated carbocycles. The molecule has 0 N–H and O–H groups in total. The first-order chi connectivity index (χ1) is 5.23. The van der Waals surface area contributed by atoms with Crippen LogP contribution in [0.4, 0.5) is 0 Å². The van der Waals surface area contributed by atoms with Gasteiger partial charge < -0.3 is 24.0 Å². The van der Waals surface area contributed by atoms with Crippen LogP contribution in [0.3, 0.4) is 0 Å². The molecule has 0 aromatic rings. The van der Waals surface area contributed by atoms with Crippen LogP contribution < -0.4 is 24.0 Å². The lowest BCUT2D eigenvalue weighted by molar-refractivity contribution is -0.930. The van der Waals surface area contributed by atoms with Gasteiger partial charge in [-0.25, -0.2) is 9.80 Å². The number of quaternary nitrogens is 1. The van der Waals surface area contributed by atoms with Gasteiger partial charge in [-0.1, -0.05) is 0 Å². The monoisotopic (exact) mass is 299 g/mol. The predicted octanol–water partition coefficient (Wildman–Crippen LogP) is -2.69. The van der Waals surface area contributed by atoms with Crippen LogP contribution in [0, 0.1) is 0 Å². The third-order valence-corrected chi connectivity index (χ3v) is 5.51. The van der Waals surface area contributed by atoms with Gasteiger partial charge >= 0.3 is 0 Å². The van der Waals surface area contributed by atoms with Gasteiger partial charge in [0.05, 0.1) is 13.7 Å². The quantitative estimate of drug-likeness (QED) is 0.273. The summed E-state index contributed by atoms with van der Waals surface area (Å²) in [5, 5.41) is 0. The highest BCUT2D eigenvalue weighted by Gasteiger charge is 2.46. The van der Waals surface area contributed by atoms with Crippen molar-refractivity contribution in [2.75, 3.05) is 45.9 Å². The molecule has 4 bridgehead atoms. The first kappa shape index (κ1) is 9.59. The van der Waals surface area contributed by atoms with E-state index in [4.69, 9.17) is 0 Å². The van der Waals surface area contributed by atoms with Crippen molar-refractivity contribution >= 4 is 7.92 Å². The average Bonchev–Trinajstić information content (AvgIpc) is 1.79.